The molecule has 0 spiro atoms. The fraction of sp³-hybridized carbons (Fsp3) is 0.0556. The first-order chi connectivity index (χ1) is 12.7. The van der Waals surface area contributed by atoms with Crippen LogP contribution in [0, 0.1) is 6.92 Å². The summed E-state index contributed by atoms with van der Waals surface area (Å²) >= 11 is 2.71. The number of carbonyl (C=O) groups excluding carboxylic acids is 1. The maximum atomic E-state index is 13.0. The standard InChI is InChI=1S/C18H13N5OS2/c1-12-21-22-17(25-12)20-18-23(14-7-3-2-4-8-14)16(24)15(26-18)10-13-6-5-9-19-11-13/h2-11H,1H3/b15-10-,20-18+. The van der Waals surface area contributed by atoms with E-state index in [2.05, 4.69) is 20.2 Å². The highest BCUT2D eigenvalue weighted by atomic mass is 32.2. The number of nitrogens with zero attached hydrogens (tertiary/aromatic N) is 5. The summed E-state index contributed by atoms with van der Waals surface area (Å²) in [4.78, 5) is 23.8. The van der Waals surface area contributed by atoms with Crippen LogP contribution in [0.1, 0.15) is 10.6 Å². The van der Waals surface area contributed by atoms with Gasteiger partial charge in [0.25, 0.3) is 5.91 Å². The van der Waals surface area contributed by atoms with Crippen LogP contribution in [-0.4, -0.2) is 26.3 Å². The van der Waals surface area contributed by atoms with Crippen molar-refractivity contribution in [2.75, 3.05) is 4.90 Å². The Balaban J connectivity index is 1.77. The third-order valence-corrected chi connectivity index (χ3v) is 5.21. The van der Waals surface area contributed by atoms with Gasteiger partial charge < -0.3 is 0 Å². The Labute approximate surface area is 158 Å². The van der Waals surface area contributed by atoms with Crippen molar-refractivity contribution in [2.45, 2.75) is 6.92 Å². The Morgan fingerprint density at radius 2 is 1.96 bits per heavy atom. The summed E-state index contributed by atoms with van der Waals surface area (Å²) in [6.07, 6.45) is 5.24. The lowest BCUT2D eigenvalue weighted by atomic mass is 10.2. The molecule has 0 aliphatic carbocycles. The van der Waals surface area contributed by atoms with Crippen LogP contribution in [0.25, 0.3) is 6.08 Å². The zero-order valence-electron chi connectivity index (χ0n) is 13.7. The van der Waals surface area contributed by atoms with E-state index in [1.165, 1.54) is 23.1 Å². The first-order valence-corrected chi connectivity index (χ1v) is 9.42. The molecule has 0 bridgehead atoms. The molecule has 3 aromatic rings. The van der Waals surface area contributed by atoms with Crippen molar-refractivity contribution in [1.82, 2.24) is 15.2 Å². The number of hydrogen-bond acceptors (Lipinski definition) is 7. The van der Waals surface area contributed by atoms with Gasteiger partial charge >= 0.3 is 0 Å². The van der Waals surface area contributed by atoms with Gasteiger partial charge in [-0.05, 0) is 48.5 Å². The molecule has 4 rings (SSSR count). The number of anilines is 1. The quantitative estimate of drug-likeness (QED) is 0.642. The molecule has 3 heterocycles. The number of benzene rings is 1. The molecule has 0 unspecified atom stereocenters. The molecular formula is C18H13N5OS2. The van der Waals surface area contributed by atoms with Crippen LogP contribution >= 0.6 is 23.1 Å². The highest BCUT2D eigenvalue weighted by Gasteiger charge is 2.35. The number of amides is 1. The molecule has 1 aliphatic heterocycles. The fourth-order valence-electron chi connectivity index (χ4n) is 2.38. The molecule has 0 atom stereocenters. The summed E-state index contributed by atoms with van der Waals surface area (Å²) in [5, 5.41) is 9.95. The Kier molecular flexibility index (Phi) is 4.59. The number of hydrogen-bond donors (Lipinski definition) is 0. The summed E-state index contributed by atoms with van der Waals surface area (Å²) in [5.41, 5.74) is 1.63. The molecule has 1 amide bonds. The second-order valence-electron chi connectivity index (χ2n) is 5.37. The normalized spacial score (nSPS) is 17.4. The largest absolute Gasteiger partial charge is 0.271 e. The van der Waals surface area contributed by atoms with Gasteiger partial charge in [-0.15, -0.1) is 10.2 Å². The van der Waals surface area contributed by atoms with Gasteiger partial charge in [0.1, 0.15) is 5.01 Å². The first-order valence-electron chi connectivity index (χ1n) is 7.78. The third kappa shape index (κ3) is 3.42. The molecular weight excluding hydrogens is 366 g/mol. The van der Waals surface area contributed by atoms with E-state index >= 15 is 0 Å². The molecule has 1 aliphatic rings. The topological polar surface area (TPSA) is 71.3 Å². The number of carbonyl (C=O) groups is 1. The zero-order valence-corrected chi connectivity index (χ0v) is 15.4. The van der Waals surface area contributed by atoms with Gasteiger partial charge in [0.2, 0.25) is 5.13 Å². The van der Waals surface area contributed by atoms with E-state index < -0.39 is 0 Å². The molecule has 0 radical (unpaired) electrons. The third-order valence-electron chi connectivity index (χ3n) is 3.51. The van der Waals surface area contributed by atoms with Crippen LogP contribution in [0.3, 0.4) is 0 Å². The average Bonchev–Trinajstić information content (AvgIpc) is 3.20. The average molecular weight is 379 g/mol. The first kappa shape index (κ1) is 16.6. The maximum Gasteiger partial charge on any atom is 0.271 e. The fourth-order valence-corrected chi connectivity index (χ4v) is 3.98. The molecule has 0 saturated carbocycles. The highest BCUT2D eigenvalue weighted by molar-refractivity contribution is 8.19. The molecule has 2 aromatic heterocycles. The second-order valence-corrected chi connectivity index (χ2v) is 7.54. The Hall–Kier alpha value is -2.84. The summed E-state index contributed by atoms with van der Waals surface area (Å²) in [6, 6.07) is 13.2. The molecule has 1 aromatic carbocycles. The molecule has 6 nitrogen and oxygen atoms in total. The minimum Gasteiger partial charge on any atom is -0.268 e. The zero-order chi connectivity index (χ0) is 17.9. The Morgan fingerprint density at radius 1 is 1.12 bits per heavy atom. The lowest BCUT2D eigenvalue weighted by Gasteiger charge is -2.14. The smallest absolute Gasteiger partial charge is 0.268 e. The number of pyridine rings is 1. The summed E-state index contributed by atoms with van der Waals surface area (Å²) in [6.45, 7) is 1.87. The molecule has 128 valence electrons. The Morgan fingerprint density at radius 3 is 2.65 bits per heavy atom. The second kappa shape index (κ2) is 7.19. The number of rotatable bonds is 3. The van der Waals surface area contributed by atoms with Gasteiger partial charge in [-0.1, -0.05) is 35.6 Å². The lowest BCUT2D eigenvalue weighted by molar-refractivity contribution is -0.113. The van der Waals surface area contributed by atoms with E-state index in [9.17, 15) is 4.79 Å². The van der Waals surface area contributed by atoms with Crippen molar-refractivity contribution in [3.05, 3.63) is 70.3 Å². The van der Waals surface area contributed by atoms with Crippen LogP contribution < -0.4 is 4.90 Å². The number of para-hydroxylation sites is 1. The van der Waals surface area contributed by atoms with Gasteiger partial charge in [-0.3, -0.25) is 14.7 Å². The predicted octanol–water partition coefficient (Wildman–Crippen LogP) is 4.05. The van der Waals surface area contributed by atoms with E-state index in [-0.39, 0.29) is 5.91 Å². The number of aromatic nitrogens is 3. The van der Waals surface area contributed by atoms with Crippen molar-refractivity contribution in [2.24, 2.45) is 4.99 Å². The lowest BCUT2D eigenvalue weighted by Crippen LogP contribution is -2.28. The number of aliphatic imine (C=N–C) groups is 1. The van der Waals surface area contributed by atoms with E-state index in [1.54, 1.807) is 17.3 Å². The van der Waals surface area contributed by atoms with Crippen molar-refractivity contribution in [1.29, 1.82) is 0 Å². The summed E-state index contributed by atoms with van der Waals surface area (Å²) in [5.74, 6) is -0.120. The van der Waals surface area contributed by atoms with Crippen molar-refractivity contribution < 1.29 is 4.79 Å². The highest BCUT2D eigenvalue weighted by Crippen LogP contribution is 2.37. The molecule has 1 fully saturated rings. The van der Waals surface area contributed by atoms with Crippen LogP contribution in [0.2, 0.25) is 0 Å². The van der Waals surface area contributed by atoms with Crippen LogP contribution in [0.15, 0.2) is 64.8 Å². The van der Waals surface area contributed by atoms with Gasteiger partial charge in [0.05, 0.1) is 10.6 Å². The van der Waals surface area contributed by atoms with Gasteiger partial charge in [-0.2, -0.15) is 4.99 Å². The minimum absolute atomic E-state index is 0.120. The minimum atomic E-state index is -0.120. The van der Waals surface area contributed by atoms with E-state index in [1.807, 2.05) is 55.5 Å². The number of amidine groups is 1. The van der Waals surface area contributed by atoms with Gasteiger partial charge in [0.15, 0.2) is 5.17 Å². The van der Waals surface area contributed by atoms with E-state index in [4.69, 9.17) is 0 Å². The maximum absolute atomic E-state index is 13.0. The van der Waals surface area contributed by atoms with Crippen LogP contribution in [0.4, 0.5) is 10.8 Å². The Bertz CT molecular complexity index is 999. The molecule has 1 saturated heterocycles. The molecule has 8 heteroatoms. The predicted molar refractivity (Wildman–Crippen MR) is 105 cm³/mol. The molecule has 26 heavy (non-hydrogen) atoms. The SMILES string of the molecule is Cc1nnc(/N=C2/S/C(=C\c3cccnc3)C(=O)N2c2ccccc2)s1. The van der Waals surface area contributed by atoms with Crippen LogP contribution in [-0.2, 0) is 4.79 Å². The number of thioether (sulfide) groups is 1. The summed E-state index contributed by atoms with van der Waals surface area (Å²) in [7, 11) is 0. The van der Waals surface area contributed by atoms with Crippen molar-refractivity contribution in [3.63, 3.8) is 0 Å². The van der Waals surface area contributed by atoms with Crippen LogP contribution in [0.5, 0.6) is 0 Å². The monoisotopic (exact) mass is 379 g/mol. The molecule has 0 N–H and O–H groups in total. The van der Waals surface area contributed by atoms with Crippen molar-refractivity contribution in [3.8, 4) is 0 Å². The van der Waals surface area contributed by atoms with E-state index in [0.29, 0.717) is 15.2 Å². The summed E-state index contributed by atoms with van der Waals surface area (Å²) < 4.78 is 0. The van der Waals surface area contributed by atoms with Gasteiger partial charge in [0, 0.05) is 12.4 Å². The number of aryl methyl sites for hydroxylation is 1. The van der Waals surface area contributed by atoms with E-state index in [0.717, 1.165) is 16.3 Å². The van der Waals surface area contributed by atoms with Crippen molar-refractivity contribution >= 4 is 51.1 Å². The van der Waals surface area contributed by atoms with Gasteiger partial charge in [-0.25, -0.2) is 0 Å².